The second-order valence-electron chi connectivity index (χ2n) is 3.89. The number of carboxylic acids is 1. The van der Waals surface area contributed by atoms with Crippen LogP contribution in [-0.2, 0) is 14.8 Å². The smallest absolute Gasteiger partial charge is 0.326 e. The standard InChI is InChI=1S/C11H11N3O4S2/c1-7-12-13-11(19-7)20(17,18)14-9(10(15)16)8-5-3-2-4-6-8/h2-6,9,14H,1H3,(H,15,16). The lowest BCUT2D eigenvalue weighted by atomic mass is 10.1. The Morgan fingerprint density at radius 1 is 1.30 bits per heavy atom. The minimum Gasteiger partial charge on any atom is -0.480 e. The van der Waals surface area contributed by atoms with Crippen LogP contribution in [0.25, 0.3) is 0 Å². The van der Waals surface area contributed by atoms with Crippen molar-refractivity contribution >= 4 is 27.3 Å². The molecule has 20 heavy (non-hydrogen) atoms. The van der Waals surface area contributed by atoms with Gasteiger partial charge in [-0.1, -0.05) is 41.7 Å². The molecule has 0 aliphatic rings. The van der Waals surface area contributed by atoms with Gasteiger partial charge < -0.3 is 5.11 Å². The largest absolute Gasteiger partial charge is 0.480 e. The molecule has 7 nitrogen and oxygen atoms in total. The summed E-state index contributed by atoms with van der Waals surface area (Å²) in [4.78, 5) is 11.3. The van der Waals surface area contributed by atoms with Gasteiger partial charge in [0.05, 0.1) is 0 Å². The Labute approximate surface area is 119 Å². The van der Waals surface area contributed by atoms with Gasteiger partial charge in [0.25, 0.3) is 10.0 Å². The van der Waals surface area contributed by atoms with Crippen LogP contribution < -0.4 is 4.72 Å². The number of aryl methyl sites for hydroxylation is 1. The van der Waals surface area contributed by atoms with Crippen molar-refractivity contribution in [3.8, 4) is 0 Å². The van der Waals surface area contributed by atoms with Gasteiger partial charge in [0, 0.05) is 0 Å². The summed E-state index contributed by atoms with van der Waals surface area (Å²) in [6.07, 6.45) is 0. The Kier molecular flexibility index (Phi) is 4.12. The Hall–Kier alpha value is -1.84. The van der Waals surface area contributed by atoms with Gasteiger partial charge in [-0.05, 0) is 12.5 Å². The van der Waals surface area contributed by atoms with E-state index < -0.39 is 22.0 Å². The fourth-order valence-corrected chi connectivity index (χ4v) is 3.66. The first kappa shape index (κ1) is 14.6. The maximum atomic E-state index is 12.1. The highest BCUT2D eigenvalue weighted by Gasteiger charge is 2.29. The Morgan fingerprint density at radius 3 is 2.45 bits per heavy atom. The van der Waals surface area contributed by atoms with Crippen molar-refractivity contribution in [2.45, 2.75) is 17.3 Å². The van der Waals surface area contributed by atoms with E-state index in [0.29, 0.717) is 10.6 Å². The molecular formula is C11H11N3O4S2. The van der Waals surface area contributed by atoms with Crippen LogP contribution in [0.4, 0.5) is 0 Å². The number of benzene rings is 1. The molecule has 1 aromatic carbocycles. The first-order valence-electron chi connectivity index (χ1n) is 5.50. The summed E-state index contributed by atoms with van der Waals surface area (Å²) in [5.41, 5.74) is 0.338. The zero-order chi connectivity index (χ0) is 14.8. The third-order valence-electron chi connectivity index (χ3n) is 2.39. The van der Waals surface area contributed by atoms with E-state index in [1.165, 1.54) is 12.1 Å². The molecular weight excluding hydrogens is 302 g/mol. The van der Waals surface area contributed by atoms with E-state index in [0.717, 1.165) is 11.3 Å². The van der Waals surface area contributed by atoms with Crippen LogP contribution in [0.3, 0.4) is 0 Å². The van der Waals surface area contributed by atoms with Crippen LogP contribution in [0, 0.1) is 6.92 Å². The maximum Gasteiger partial charge on any atom is 0.326 e. The second kappa shape index (κ2) is 5.65. The molecule has 1 heterocycles. The SMILES string of the molecule is Cc1nnc(S(=O)(=O)NC(C(=O)O)c2ccccc2)s1. The van der Waals surface area contributed by atoms with Gasteiger partial charge in [-0.3, -0.25) is 4.79 Å². The molecule has 2 rings (SSSR count). The summed E-state index contributed by atoms with van der Waals surface area (Å²) in [6.45, 7) is 1.61. The molecule has 0 saturated carbocycles. The van der Waals surface area contributed by atoms with Gasteiger partial charge in [-0.15, -0.1) is 10.2 Å². The van der Waals surface area contributed by atoms with Crippen molar-refractivity contribution in [1.82, 2.24) is 14.9 Å². The lowest BCUT2D eigenvalue weighted by Gasteiger charge is -2.13. The highest BCUT2D eigenvalue weighted by molar-refractivity contribution is 7.91. The number of aliphatic carboxylic acids is 1. The molecule has 0 aliphatic carbocycles. The maximum absolute atomic E-state index is 12.1. The number of sulfonamides is 1. The van der Waals surface area contributed by atoms with Crippen molar-refractivity contribution in [2.24, 2.45) is 0 Å². The molecule has 0 radical (unpaired) electrons. The van der Waals surface area contributed by atoms with Gasteiger partial charge in [-0.25, -0.2) is 8.42 Å². The third-order valence-corrected chi connectivity index (χ3v) is 5.02. The molecule has 0 spiro atoms. The van der Waals surface area contributed by atoms with E-state index in [1.54, 1.807) is 25.1 Å². The number of rotatable bonds is 5. The summed E-state index contributed by atoms with van der Waals surface area (Å²) in [5.74, 6) is -1.29. The number of hydrogen-bond acceptors (Lipinski definition) is 6. The van der Waals surface area contributed by atoms with Crippen LogP contribution >= 0.6 is 11.3 Å². The molecule has 1 atom stereocenters. The van der Waals surface area contributed by atoms with Crippen molar-refractivity contribution < 1.29 is 18.3 Å². The molecule has 0 bridgehead atoms. The van der Waals surface area contributed by atoms with Gasteiger partial charge in [0.15, 0.2) is 0 Å². The second-order valence-corrected chi connectivity index (χ2v) is 6.96. The summed E-state index contributed by atoms with van der Waals surface area (Å²) < 4.78 is 26.0. The van der Waals surface area contributed by atoms with Crippen LogP contribution in [0.5, 0.6) is 0 Å². The number of hydrogen-bond donors (Lipinski definition) is 2. The zero-order valence-electron chi connectivity index (χ0n) is 10.3. The lowest BCUT2D eigenvalue weighted by Crippen LogP contribution is -2.33. The van der Waals surface area contributed by atoms with Crippen LogP contribution in [0.15, 0.2) is 34.7 Å². The molecule has 0 saturated heterocycles. The van der Waals surface area contributed by atoms with Gasteiger partial charge in [-0.2, -0.15) is 4.72 Å². The highest BCUT2D eigenvalue weighted by atomic mass is 32.2. The van der Waals surface area contributed by atoms with E-state index in [1.807, 2.05) is 0 Å². The molecule has 9 heteroatoms. The minimum atomic E-state index is -4.02. The number of carbonyl (C=O) groups is 1. The topological polar surface area (TPSA) is 109 Å². The fourth-order valence-electron chi connectivity index (χ4n) is 1.50. The number of aromatic nitrogens is 2. The molecule has 106 valence electrons. The minimum absolute atomic E-state index is 0.253. The predicted octanol–water partition coefficient (Wildman–Crippen LogP) is 0.951. The van der Waals surface area contributed by atoms with Crippen LogP contribution in [-0.4, -0.2) is 29.7 Å². The summed E-state index contributed by atoms with van der Waals surface area (Å²) in [5, 5.41) is 16.8. The van der Waals surface area contributed by atoms with Gasteiger partial charge in [0.1, 0.15) is 11.0 Å². The van der Waals surface area contributed by atoms with E-state index in [9.17, 15) is 18.3 Å². The molecule has 0 amide bonds. The van der Waals surface area contributed by atoms with E-state index in [4.69, 9.17) is 0 Å². The van der Waals surface area contributed by atoms with Crippen LogP contribution in [0.1, 0.15) is 16.6 Å². The summed E-state index contributed by atoms with van der Waals surface area (Å²) in [7, 11) is -4.02. The lowest BCUT2D eigenvalue weighted by molar-refractivity contribution is -0.139. The van der Waals surface area contributed by atoms with E-state index >= 15 is 0 Å². The Morgan fingerprint density at radius 2 is 1.95 bits per heavy atom. The highest BCUT2D eigenvalue weighted by Crippen LogP contribution is 2.19. The first-order chi connectivity index (χ1) is 9.40. The molecule has 0 aliphatic heterocycles. The van der Waals surface area contributed by atoms with Crippen molar-refractivity contribution in [2.75, 3.05) is 0 Å². The number of nitrogens with one attached hydrogen (secondary N) is 1. The average molecular weight is 313 g/mol. The molecule has 1 aromatic heterocycles. The predicted molar refractivity (Wildman–Crippen MR) is 71.8 cm³/mol. The van der Waals surface area contributed by atoms with Crippen molar-refractivity contribution in [3.63, 3.8) is 0 Å². The van der Waals surface area contributed by atoms with E-state index in [2.05, 4.69) is 14.9 Å². The monoisotopic (exact) mass is 313 g/mol. The molecule has 1 unspecified atom stereocenters. The fraction of sp³-hybridized carbons (Fsp3) is 0.182. The third kappa shape index (κ3) is 3.18. The Balaban J connectivity index is 2.32. The van der Waals surface area contributed by atoms with Gasteiger partial charge in [0.2, 0.25) is 4.34 Å². The molecule has 2 aromatic rings. The van der Waals surface area contributed by atoms with Crippen molar-refractivity contribution in [1.29, 1.82) is 0 Å². The molecule has 2 N–H and O–H groups in total. The van der Waals surface area contributed by atoms with E-state index in [-0.39, 0.29) is 4.34 Å². The summed E-state index contributed by atoms with van der Waals surface area (Å²) >= 11 is 0.878. The Bertz CT molecular complexity index is 712. The zero-order valence-corrected chi connectivity index (χ0v) is 12.0. The van der Waals surface area contributed by atoms with Crippen LogP contribution in [0.2, 0.25) is 0 Å². The normalized spacial score (nSPS) is 13.1. The quantitative estimate of drug-likeness (QED) is 0.850. The first-order valence-corrected chi connectivity index (χ1v) is 7.80. The van der Waals surface area contributed by atoms with Crippen molar-refractivity contribution in [3.05, 3.63) is 40.9 Å². The summed E-state index contributed by atoms with van der Waals surface area (Å²) in [6, 6.07) is 6.68. The van der Waals surface area contributed by atoms with Gasteiger partial charge >= 0.3 is 5.97 Å². The number of carboxylic acid groups (broad SMARTS) is 1. The number of nitrogens with zero attached hydrogens (tertiary/aromatic N) is 2. The molecule has 0 fully saturated rings. The average Bonchev–Trinajstić information content (AvgIpc) is 2.84.